The second-order valence-corrected chi connectivity index (χ2v) is 13.2. The first-order chi connectivity index (χ1) is 15.6. The lowest BCUT2D eigenvalue weighted by Gasteiger charge is -2.56. The van der Waals surface area contributed by atoms with E-state index in [1.807, 2.05) is 4.90 Å². The van der Waals surface area contributed by atoms with Gasteiger partial charge in [0.1, 0.15) is 6.04 Å². The molecule has 1 heterocycles. The lowest BCUT2D eigenvalue weighted by atomic mass is 9.49. The van der Waals surface area contributed by atoms with Gasteiger partial charge >= 0.3 is 0 Å². The molecule has 1 saturated heterocycles. The van der Waals surface area contributed by atoms with Gasteiger partial charge in [-0.15, -0.1) is 0 Å². The standard InChI is InChI=1S/C25H35N3O4S/c1-16-6-7-20(12-22(16)33(31,32)27(2)3)26-23(29)21-5-4-8-28(21)24(30)25-13-17-9-18(14-25)11-19(10-17)15-25/h6-7,12,17-19,21H,4-5,8-11,13-15H2,1-3H3,(H,26,29)/t17?,18?,19?,21-,25?/m1/s1. The lowest BCUT2D eigenvalue weighted by Crippen LogP contribution is -2.56. The van der Waals surface area contributed by atoms with E-state index in [1.165, 1.54) is 43.7 Å². The molecule has 8 heteroatoms. The quantitative estimate of drug-likeness (QED) is 0.710. The molecule has 1 aromatic carbocycles. The number of carbonyl (C=O) groups excluding carboxylic acids is 2. The Morgan fingerprint density at radius 1 is 1.06 bits per heavy atom. The van der Waals surface area contributed by atoms with Crippen LogP contribution in [0.5, 0.6) is 0 Å². The molecule has 4 aliphatic carbocycles. The molecule has 1 atom stereocenters. The number of benzene rings is 1. The molecule has 0 unspecified atom stereocenters. The molecule has 4 bridgehead atoms. The Bertz CT molecular complexity index is 1050. The number of hydrogen-bond donors (Lipinski definition) is 1. The molecule has 0 radical (unpaired) electrons. The van der Waals surface area contributed by atoms with Crippen LogP contribution in [0, 0.1) is 30.1 Å². The summed E-state index contributed by atoms with van der Waals surface area (Å²) in [4.78, 5) is 29.1. The maximum Gasteiger partial charge on any atom is 0.247 e. The summed E-state index contributed by atoms with van der Waals surface area (Å²) in [5, 5.41) is 2.91. The van der Waals surface area contributed by atoms with E-state index in [0.717, 1.165) is 25.7 Å². The molecule has 4 saturated carbocycles. The Morgan fingerprint density at radius 2 is 1.67 bits per heavy atom. The molecule has 1 aliphatic heterocycles. The molecular weight excluding hydrogens is 438 g/mol. The van der Waals surface area contributed by atoms with Crippen molar-refractivity contribution in [2.75, 3.05) is 26.0 Å². The lowest BCUT2D eigenvalue weighted by molar-refractivity contribution is -0.160. The third kappa shape index (κ3) is 3.89. The van der Waals surface area contributed by atoms with Crippen LogP contribution in [0.1, 0.15) is 56.9 Å². The van der Waals surface area contributed by atoms with Crippen molar-refractivity contribution in [3.63, 3.8) is 0 Å². The molecule has 33 heavy (non-hydrogen) atoms. The first-order valence-electron chi connectivity index (χ1n) is 12.2. The molecule has 6 rings (SSSR count). The van der Waals surface area contributed by atoms with Gasteiger partial charge in [0.05, 0.1) is 10.3 Å². The number of carbonyl (C=O) groups is 2. The number of sulfonamides is 1. The largest absolute Gasteiger partial charge is 0.330 e. The highest BCUT2D eigenvalue weighted by Crippen LogP contribution is 2.60. The van der Waals surface area contributed by atoms with Crippen LogP contribution in [0.3, 0.4) is 0 Å². The molecule has 180 valence electrons. The number of amides is 2. The molecule has 7 nitrogen and oxygen atoms in total. The Labute approximate surface area is 196 Å². The molecule has 2 amide bonds. The van der Waals surface area contributed by atoms with Crippen molar-refractivity contribution in [1.82, 2.24) is 9.21 Å². The number of nitrogens with one attached hydrogen (secondary N) is 1. The summed E-state index contributed by atoms with van der Waals surface area (Å²) in [5.41, 5.74) is 0.815. The normalized spacial score (nSPS) is 33.0. The summed E-state index contributed by atoms with van der Waals surface area (Å²) in [6.07, 6.45) is 8.29. The van der Waals surface area contributed by atoms with E-state index in [0.29, 0.717) is 42.0 Å². The zero-order valence-electron chi connectivity index (χ0n) is 19.8. The van der Waals surface area contributed by atoms with E-state index in [9.17, 15) is 18.0 Å². The molecule has 1 aromatic rings. The van der Waals surface area contributed by atoms with Gasteiger partial charge in [-0.2, -0.15) is 0 Å². The Hall–Kier alpha value is -1.93. The third-order valence-electron chi connectivity index (χ3n) is 8.52. The fraction of sp³-hybridized carbons (Fsp3) is 0.680. The van der Waals surface area contributed by atoms with Crippen LogP contribution in [0.4, 0.5) is 5.69 Å². The average molecular weight is 474 g/mol. The first-order valence-corrected chi connectivity index (χ1v) is 13.7. The van der Waals surface area contributed by atoms with Gasteiger partial charge in [-0.25, -0.2) is 12.7 Å². The topological polar surface area (TPSA) is 86.8 Å². The van der Waals surface area contributed by atoms with Crippen molar-refractivity contribution in [3.05, 3.63) is 23.8 Å². The molecule has 0 spiro atoms. The molecule has 5 aliphatic rings. The highest BCUT2D eigenvalue weighted by Gasteiger charge is 2.56. The second kappa shape index (κ2) is 8.08. The Morgan fingerprint density at radius 3 is 2.24 bits per heavy atom. The van der Waals surface area contributed by atoms with E-state index in [4.69, 9.17) is 0 Å². The number of anilines is 1. The number of hydrogen-bond acceptors (Lipinski definition) is 4. The van der Waals surface area contributed by atoms with Crippen LogP contribution < -0.4 is 5.32 Å². The van der Waals surface area contributed by atoms with E-state index in [1.54, 1.807) is 19.1 Å². The number of likely N-dealkylation sites (tertiary alicyclic amines) is 1. The van der Waals surface area contributed by atoms with Crippen molar-refractivity contribution in [3.8, 4) is 0 Å². The minimum atomic E-state index is -3.62. The summed E-state index contributed by atoms with van der Waals surface area (Å²) in [6.45, 7) is 2.37. The van der Waals surface area contributed by atoms with E-state index in [2.05, 4.69) is 5.32 Å². The van der Waals surface area contributed by atoms with Crippen LogP contribution in [0.2, 0.25) is 0 Å². The molecule has 0 aromatic heterocycles. The van der Waals surface area contributed by atoms with Gasteiger partial charge in [0.15, 0.2) is 0 Å². The summed E-state index contributed by atoms with van der Waals surface area (Å²) in [5.74, 6) is 2.01. The van der Waals surface area contributed by atoms with Crippen molar-refractivity contribution >= 4 is 27.5 Å². The van der Waals surface area contributed by atoms with Crippen molar-refractivity contribution in [2.45, 2.75) is 69.2 Å². The van der Waals surface area contributed by atoms with Crippen molar-refractivity contribution in [2.24, 2.45) is 23.2 Å². The van der Waals surface area contributed by atoms with Crippen LogP contribution in [-0.4, -0.2) is 56.1 Å². The zero-order chi connectivity index (χ0) is 23.5. The highest BCUT2D eigenvalue weighted by molar-refractivity contribution is 7.89. The Kier molecular flexibility index (Phi) is 5.59. The monoisotopic (exact) mass is 473 g/mol. The summed E-state index contributed by atoms with van der Waals surface area (Å²) in [6, 6.07) is 4.46. The number of aryl methyl sites for hydroxylation is 1. The first kappa shape index (κ1) is 22.8. The fourth-order valence-corrected chi connectivity index (χ4v) is 8.48. The van der Waals surface area contributed by atoms with Gasteiger partial charge in [-0.05, 0) is 93.7 Å². The van der Waals surface area contributed by atoms with Gasteiger partial charge in [0.25, 0.3) is 0 Å². The van der Waals surface area contributed by atoms with Crippen LogP contribution in [0.25, 0.3) is 0 Å². The Balaban J connectivity index is 1.34. The van der Waals surface area contributed by atoms with E-state index < -0.39 is 16.1 Å². The van der Waals surface area contributed by atoms with Crippen molar-refractivity contribution in [1.29, 1.82) is 0 Å². The average Bonchev–Trinajstić information content (AvgIpc) is 3.23. The second-order valence-electron chi connectivity index (χ2n) is 11.1. The predicted molar refractivity (Wildman–Crippen MR) is 126 cm³/mol. The van der Waals surface area contributed by atoms with Gasteiger partial charge in [0.2, 0.25) is 21.8 Å². The summed E-state index contributed by atoms with van der Waals surface area (Å²) < 4.78 is 26.5. The van der Waals surface area contributed by atoms with Crippen LogP contribution >= 0.6 is 0 Å². The molecule has 1 N–H and O–H groups in total. The van der Waals surface area contributed by atoms with Gasteiger partial charge in [0, 0.05) is 26.3 Å². The SMILES string of the molecule is Cc1ccc(NC(=O)[C@H]2CCCN2C(=O)C23CC4CC(CC(C4)C2)C3)cc1S(=O)(=O)N(C)C. The van der Waals surface area contributed by atoms with Crippen molar-refractivity contribution < 1.29 is 18.0 Å². The number of nitrogens with zero attached hydrogens (tertiary/aromatic N) is 2. The minimum absolute atomic E-state index is 0.179. The molecular formula is C25H35N3O4S. The maximum atomic E-state index is 13.8. The van der Waals surface area contributed by atoms with Gasteiger partial charge < -0.3 is 10.2 Å². The fourth-order valence-electron chi connectivity index (χ4n) is 7.34. The van der Waals surface area contributed by atoms with Gasteiger partial charge in [-0.1, -0.05) is 6.07 Å². The summed E-state index contributed by atoms with van der Waals surface area (Å²) >= 11 is 0. The van der Waals surface area contributed by atoms with E-state index in [-0.39, 0.29) is 22.1 Å². The summed E-state index contributed by atoms with van der Waals surface area (Å²) in [7, 11) is -0.632. The maximum absolute atomic E-state index is 13.8. The predicted octanol–water partition coefficient (Wildman–Crippen LogP) is 3.39. The zero-order valence-corrected chi connectivity index (χ0v) is 20.7. The number of rotatable bonds is 5. The highest BCUT2D eigenvalue weighted by atomic mass is 32.2. The van der Waals surface area contributed by atoms with Crippen LogP contribution in [-0.2, 0) is 19.6 Å². The minimum Gasteiger partial charge on any atom is -0.330 e. The van der Waals surface area contributed by atoms with Crippen LogP contribution in [0.15, 0.2) is 23.1 Å². The third-order valence-corrected chi connectivity index (χ3v) is 10.5. The molecule has 5 fully saturated rings. The van der Waals surface area contributed by atoms with Gasteiger partial charge in [-0.3, -0.25) is 9.59 Å². The van der Waals surface area contributed by atoms with E-state index >= 15 is 0 Å². The smallest absolute Gasteiger partial charge is 0.247 e.